The Labute approximate surface area is 125 Å². The summed E-state index contributed by atoms with van der Waals surface area (Å²) >= 11 is 0. The van der Waals surface area contributed by atoms with Crippen LogP contribution in [0.15, 0.2) is 29.2 Å². The average molecular weight is 289 g/mol. The van der Waals surface area contributed by atoms with Gasteiger partial charge in [-0.3, -0.25) is 4.68 Å². The Morgan fingerprint density at radius 3 is 3.24 bits per heavy atom. The highest BCUT2D eigenvalue weighted by molar-refractivity contribution is 5.25. The molecule has 2 unspecified atom stereocenters. The van der Waals surface area contributed by atoms with Crippen LogP contribution in [0.3, 0.4) is 0 Å². The predicted molar refractivity (Wildman–Crippen MR) is 80.0 cm³/mol. The molecule has 2 atom stereocenters. The monoisotopic (exact) mass is 289 g/mol. The van der Waals surface area contributed by atoms with E-state index in [1.54, 1.807) is 6.26 Å². The summed E-state index contributed by atoms with van der Waals surface area (Å²) < 4.78 is 7.08. The second kappa shape index (κ2) is 6.45. The van der Waals surface area contributed by atoms with E-state index in [4.69, 9.17) is 9.52 Å². The molecule has 0 saturated carbocycles. The SMILES string of the molecule is CC(Cc1ccoc1)NC1CCCc2c1cnn2CCO. The standard InChI is InChI=1S/C16H23N3O2/c1-12(9-13-5-8-21-11-13)18-15-3-2-4-16-14(15)10-17-19(16)6-7-20/h5,8,10-12,15,18,20H,2-4,6-7,9H2,1H3. The lowest BCUT2D eigenvalue weighted by molar-refractivity contribution is 0.266. The molecule has 1 aliphatic rings. The first-order valence-corrected chi connectivity index (χ1v) is 7.70. The number of hydrogen-bond donors (Lipinski definition) is 2. The van der Waals surface area contributed by atoms with Gasteiger partial charge in [0.1, 0.15) is 0 Å². The Morgan fingerprint density at radius 1 is 1.57 bits per heavy atom. The van der Waals surface area contributed by atoms with Gasteiger partial charge in [0.15, 0.2) is 0 Å². The lowest BCUT2D eigenvalue weighted by atomic mass is 9.92. The lowest BCUT2D eigenvalue weighted by Crippen LogP contribution is -2.34. The summed E-state index contributed by atoms with van der Waals surface area (Å²) in [4.78, 5) is 0. The van der Waals surface area contributed by atoms with Crippen LogP contribution in [-0.4, -0.2) is 27.5 Å². The van der Waals surface area contributed by atoms with Gasteiger partial charge in [-0.2, -0.15) is 5.10 Å². The van der Waals surface area contributed by atoms with Crippen molar-refractivity contribution >= 4 is 0 Å². The maximum absolute atomic E-state index is 9.11. The van der Waals surface area contributed by atoms with Gasteiger partial charge < -0.3 is 14.8 Å². The average Bonchev–Trinajstić information content (AvgIpc) is 3.10. The Balaban J connectivity index is 1.67. The first kappa shape index (κ1) is 14.4. The van der Waals surface area contributed by atoms with Gasteiger partial charge >= 0.3 is 0 Å². The summed E-state index contributed by atoms with van der Waals surface area (Å²) in [6.07, 6.45) is 9.83. The first-order chi connectivity index (χ1) is 10.3. The Hall–Kier alpha value is -1.59. The highest BCUT2D eigenvalue weighted by atomic mass is 16.3. The van der Waals surface area contributed by atoms with Gasteiger partial charge in [0, 0.05) is 23.3 Å². The molecule has 0 fully saturated rings. The predicted octanol–water partition coefficient (Wildman–Crippen LogP) is 2.07. The summed E-state index contributed by atoms with van der Waals surface area (Å²) in [6.45, 7) is 2.94. The van der Waals surface area contributed by atoms with Crippen LogP contribution in [0.2, 0.25) is 0 Å². The highest BCUT2D eigenvalue weighted by Gasteiger charge is 2.25. The van der Waals surface area contributed by atoms with Crippen LogP contribution in [-0.2, 0) is 19.4 Å². The molecule has 0 bridgehead atoms. The molecule has 5 heteroatoms. The Bertz CT molecular complexity index is 562. The smallest absolute Gasteiger partial charge is 0.0935 e. The van der Waals surface area contributed by atoms with Gasteiger partial charge in [0.25, 0.3) is 0 Å². The second-order valence-corrected chi connectivity index (χ2v) is 5.84. The number of aliphatic hydroxyl groups is 1. The maximum atomic E-state index is 9.11. The number of furan rings is 1. The molecule has 0 radical (unpaired) electrons. The van der Waals surface area contributed by atoms with E-state index in [9.17, 15) is 0 Å². The summed E-state index contributed by atoms with van der Waals surface area (Å²) in [6, 6.07) is 2.77. The van der Waals surface area contributed by atoms with Crippen LogP contribution in [0.4, 0.5) is 0 Å². The van der Waals surface area contributed by atoms with Gasteiger partial charge in [-0.15, -0.1) is 0 Å². The summed E-state index contributed by atoms with van der Waals surface area (Å²) in [5.74, 6) is 0. The van der Waals surface area contributed by atoms with Crippen molar-refractivity contribution in [2.45, 2.75) is 51.2 Å². The first-order valence-electron chi connectivity index (χ1n) is 7.70. The molecular formula is C16H23N3O2. The quantitative estimate of drug-likeness (QED) is 0.854. The Kier molecular flexibility index (Phi) is 4.41. The van der Waals surface area contributed by atoms with Crippen molar-refractivity contribution in [2.24, 2.45) is 0 Å². The third-order valence-corrected chi connectivity index (χ3v) is 4.18. The van der Waals surface area contributed by atoms with Gasteiger partial charge in [-0.25, -0.2) is 0 Å². The fourth-order valence-corrected chi connectivity index (χ4v) is 3.24. The molecule has 2 N–H and O–H groups in total. The minimum absolute atomic E-state index is 0.142. The normalized spacial score (nSPS) is 19.4. The van der Waals surface area contributed by atoms with Crippen molar-refractivity contribution in [3.8, 4) is 0 Å². The molecule has 1 aliphatic carbocycles. The van der Waals surface area contributed by atoms with Crippen molar-refractivity contribution < 1.29 is 9.52 Å². The summed E-state index contributed by atoms with van der Waals surface area (Å²) in [5.41, 5.74) is 3.80. The highest BCUT2D eigenvalue weighted by Crippen LogP contribution is 2.30. The number of nitrogens with one attached hydrogen (secondary N) is 1. The van der Waals surface area contributed by atoms with E-state index in [0.29, 0.717) is 18.6 Å². The van der Waals surface area contributed by atoms with Crippen LogP contribution < -0.4 is 5.32 Å². The molecule has 0 saturated heterocycles. The van der Waals surface area contributed by atoms with Crippen molar-refractivity contribution in [1.82, 2.24) is 15.1 Å². The van der Waals surface area contributed by atoms with E-state index in [1.807, 2.05) is 23.2 Å². The van der Waals surface area contributed by atoms with Crippen molar-refractivity contribution in [3.63, 3.8) is 0 Å². The molecule has 0 amide bonds. The summed E-state index contributed by atoms with van der Waals surface area (Å²) in [7, 11) is 0. The van der Waals surface area contributed by atoms with Crippen LogP contribution in [0.1, 0.15) is 42.6 Å². The van der Waals surface area contributed by atoms with E-state index in [0.717, 1.165) is 19.3 Å². The number of aliphatic hydroxyl groups excluding tert-OH is 1. The van der Waals surface area contributed by atoms with Crippen LogP contribution in [0.5, 0.6) is 0 Å². The molecule has 21 heavy (non-hydrogen) atoms. The zero-order chi connectivity index (χ0) is 14.7. The molecule has 0 spiro atoms. The fraction of sp³-hybridized carbons (Fsp3) is 0.562. The van der Waals surface area contributed by atoms with Gasteiger partial charge in [0.2, 0.25) is 0 Å². The molecule has 2 aromatic rings. The number of hydrogen-bond acceptors (Lipinski definition) is 4. The summed E-state index contributed by atoms with van der Waals surface area (Å²) in [5, 5.41) is 17.2. The maximum Gasteiger partial charge on any atom is 0.0935 e. The minimum atomic E-state index is 0.142. The fourth-order valence-electron chi connectivity index (χ4n) is 3.24. The zero-order valence-electron chi connectivity index (χ0n) is 12.5. The van der Waals surface area contributed by atoms with E-state index >= 15 is 0 Å². The van der Waals surface area contributed by atoms with E-state index in [-0.39, 0.29) is 6.61 Å². The molecular weight excluding hydrogens is 266 g/mol. The van der Waals surface area contributed by atoms with Gasteiger partial charge in [0.05, 0.1) is 31.9 Å². The minimum Gasteiger partial charge on any atom is -0.472 e. The third-order valence-electron chi connectivity index (χ3n) is 4.18. The number of aromatic nitrogens is 2. The second-order valence-electron chi connectivity index (χ2n) is 5.84. The van der Waals surface area contributed by atoms with Crippen molar-refractivity contribution in [2.75, 3.05) is 6.61 Å². The molecule has 2 aromatic heterocycles. The van der Waals surface area contributed by atoms with E-state index < -0.39 is 0 Å². The molecule has 3 rings (SSSR count). The van der Waals surface area contributed by atoms with Crippen molar-refractivity contribution in [1.29, 1.82) is 0 Å². The third kappa shape index (κ3) is 3.19. The topological polar surface area (TPSA) is 63.2 Å². The van der Waals surface area contributed by atoms with Crippen LogP contribution >= 0.6 is 0 Å². The molecule has 0 aromatic carbocycles. The largest absolute Gasteiger partial charge is 0.472 e. The van der Waals surface area contributed by atoms with Crippen LogP contribution in [0.25, 0.3) is 0 Å². The molecule has 5 nitrogen and oxygen atoms in total. The zero-order valence-corrected chi connectivity index (χ0v) is 12.5. The van der Waals surface area contributed by atoms with Crippen LogP contribution in [0, 0.1) is 0 Å². The molecule has 114 valence electrons. The molecule has 0 aliphatic heterocycles. The van der Waals surface area contributed by atoms with E-state index in [2.05, 4.69) is 17.3 Å². The molecule has 2 heterocycles. The Morgan fingerprint density at radius 2 is 2.48 bits per heavy atom. The lowest BCUT2D eigenvalue weighted by Gasteiger charge is -2.27. The number of rotatable bonds is 6. The number of nitrogens with zero attached hydrogens (tertiary/aromatic N) is 2. The van der Waals surface area contributed by atoms with Crippen molar-refractivity contribution in [3.05, 3.63) is 41.6 Å². The van der Waals surface area contributed by atoms with Gasteiger partial charge in [-0.1, -0.05) is 0 Å². The number of fused-ring (bicyclic) bond motifs is 1. The van der Waals surface area contributed by atoms with Gasteiger partial charge in [-0.05, 0) is 44.2 Å². The van der Waals surface area contributed by atoms with E-state index in [1.165, 1.54) is 23.2 Å².